The summed E-state index contributed by atoms with van der Waals surface area (Å²) in [6.07, 6.45) is 3.35. The number of nitrogens with zero attached hydrogens (tertiary/aromatic N) is 3. The Morgan fingerprint density at radius 3 is 2.62 bits per heavy atom. The van der Waals surface area contributed by atoms with Crippen molar-refractivity contribution < 1.29 is 18.7 Å². The fourth-order valence-electron chi connectivity index (χ4n) is 3.86. The maximum atomic E-state index is 13.0. The molecule has 2 saturated heterocycles. The molecule has 8 nitrogen and oxygen atoms in total. The van der Waals surface area contributed by atoms with Gasteiger partial charge in [0.25, 0.3) is 5.91 Å². The van der Waals surface area contributed by atoms with E-state index in [0.29, 0.717) is 50.0 Å². The molecule has 0 spiro atoms. The van der Waals surface area contributed by atoms with Crippen LogP contribution in [0.1, 0.15) is 40.6 Å². The van der Waals surface area contributed by atoms with Gasteiger partial charge in [-0.1, -0.05) is 0 Å². The molecule has 0 aromatic carbocycles. The number of anilines is 1. The van der Waals surface area contributed by atoms with E-state index in [9.17, 15) is 9.59 Å². The number of amides is 1. The Balaban J connectivity index is 1.44. The van der Waals surface area contributed by atoms with E-state index in [1.54, 1.807) is 31.2 Å². The molecule has 0 N–H and O–H groups in total. The second-order valence-electron chi connectivity index (χ2n) is 7.33. The molecule has 0 bridgehead atoms. The van der Waals surface area contributed by atoms with Crippen LogP contribution in [-0.4, -0.2) is 55.7 Å². The largest absolute Gasteiger partial charge is 0.481 e. The van der Waals surface area contributed by atoms with E-state index in [1.165, 1.54) is 0 Å². The highest BCUT2D eigenvalue weighted by molar-refractivity contribution is 5.95. The average Bonchev–Trinajstić information content (AvgIpc) is 3.28. The van der Waals surface area contributed by atoms with Crippen LogP contribution in [0.15, 0.2) is 33.6 Å². The summed E-state index contributed by atoms with van der Waals surface area (Å²) in [5.41, 5.74) is 1.15. The maximum Gasteiger partial charge on any atom is 0.349 e. The van der Waals surface area contributed by atoms with Crippen molar-refractivity contribution in [1.29, 1.82) is 0 Å². The number of aromatic nitrogens is 1. The lowest BCUT2D eigenvalue weighted by Gasteiger charge is -2.36. The summed E-state index contributed by atoms with van der Waals surface area (Å²) in [6, 6.07) is 5.53. The number of carbonyl (C=O) groups is 1. The number of methoxy groups -OCH3 is 1. The molecule has 2 aliphatic rings. The van der Waals surface area contributed by atoms with Crippen LogP contribution in [0.3, 0.4) is 0 Å². The van der Waals surface area contributed by atoms with Gasteiger partial charge in [-0.3, -0.25) is 4.79 Å². The smallest absolute Gasteiger partial charge is 0.349 e. The van der Waals surface area contributed by atoms with Gasteiger partial charge in [-0.25, -0.2) is 9.78 Å². The second-order valence-corrected chi connectivity index (χ2v) is 7.33. The molecule has 154 valence electrons. The Labute approximate surface area is 169 Å². The van der Waals surface area contributed by atoms with Gasteiger partial charge in [0.15, 0.2) is 0 Å². The fourth-order valence-corrected chi connectivity index (χ4v) is 3.86. The Morgan fingerprint density at radius 1 is 1.24 bits per heavy atom. The predicted molar refractivity (Wildman–Crippen MR) is 107 cm³/mol. The van der Waals surface area contributed by atoms with Crippen LogP contribution in [0.5, 0.6) is 5.88 Å². The zero-order valence-corrected chi connectivity index (χ0v) is 16.7. The SMILES string of the molecule is COc1ccc(N2CCN(C(=O)c3c(C)cc(C4CCCO4)oc3=O)CC2)cn1. The van der Waals surface area contributed by atoms with Gasteiger partial charge in [0.1, 0.15) is 17.4 Å². The average molecular weight is 399 g/mol. The van der Waals surface area contributed by atoms with Crippen LogP contribution in [0.2, 0.25) is 0 Å². The van der Waals surface area contributed by atoms with Gasteiger partial charge in [0.05, 0.1) is 19.0 Å². The van der Waals surface area contributed by atoms with Gasteiger partial charge in [-0.15, -0.1) is 0 Å². The molecule has 1 amide bonds. The monoisotopic (exact) mass is 399 g/mol. The van der Waals surface area contributed by atoms with Gasteiger partial charge in [0, 0.05) is 38.9 Å². The van der Waals surface area contributed by atoms with E-state index < -0.39 is 5.63 Å². The molecule has 1 unspecified atom stereocenters. The van der Waals surface area contributed by atoms with Crippen LogP contribution in [0.4, 0.5) is 5.69 Å². The third-order valence-corrected chi connectivity index (χ3v) is 5.49. The molecule has 2 aromatic rings. The fraction of sp³-hybridized carbons (Fsp3) is 0.476. The standard InChI is InChI=1S/C21H25N3O5/c1-14-12-17(16-4-3-11-28-16)29-21(26)19(14)20(25)24-9-7-23(8-10-24)15-5-6-18(27-2)22-13-15/h5-6,12-13,16H,3-4,7-11H2,1-2H3. The zero-order valence-electron chi connectivity index (χ0n) is 16.7. The lowest BCUT2D eigenvalue weighted by molar-refractivity contribution is 0.0731. The van der Waals surface area contributed by atoms with Crippen molar-refractivity contribution >= 4 is 11.6 Å². The highest BCUT2D eigenvalue weighted by Crippen LogP contribution is 2.28. The molecule has 1 atom stereocenters. The van der Waals surface area contributed by atoms with Crippen LogP contribution in [0.25, 0.3) is 0 Å². The summed E-state index contributed by atoms with van der Waals surface area (Å²) in [6.45, 7) is 4.83. The first-order valence-electron chi connectivity index (χ1n) is 9.87. The van der Waals surface area contributed by atoms with Gasteiger partial charge in [-0.05, 0) is 37.5 Å². The normalized spacial score (nSPS) is 19.4. The van der Waals surface area contributed by atoms with Crippen molar-refractivity contribution in [2.24, 2.45) is 0 Å². The Hall–Kier alpha value is -2.87. The van der Waals surface area contributed by atoms with E-state index in [2.05, 4.69) is 9.88 Å². The summed E-state index contributed by atoms with van der Waals surface area (Å²) < 4.78 is 16.1. The molecular weight excluding hydrogens is 374 g/mol. The van der Waals surface area contributed by atoms with Crippen molar-refractivity contribution in [3.05, 3.63) is 51.7 Å². The number of piperazine rings is 1. The number of aryl methyl sites for hydroxylation is 1. The van der Waals surface area contributed by atoms with Crippen LogP contribution in [0, 0.1) is 6.92 Å². The molecule has 29 heavy (non-hydrogen) atoms. The van der Waals surface area contributed by atoms with Crippen molar-refractivity contribution in [3.63, 3.8) is 0 Å². The van der Waals surface area contributed by atoms with Gasteiger partial charge < -0.3 is 23.7 Å². The van der Waals surface area contributed by atoms with Crippen molar-refractivity contribution in [2.45, 2.75) is 25.9 Å². The van der Waals surface area contributed by atoms with Gasteiger partial charge >= 0.3 is 5.63 Å². The molecule has 0 radical (unpaired) electrons. The molecule has 2 aromatic heterocycles. The summed E-state index contributed by atoms with van der Waals surface area (Å²) in [4.78, 5) is 33.6. The zero-order chi connectivity index (χ0) is 20.4. The molecule has 4 heterocycles. The number of hydrogen-bond acceptors (Lipinski definition) is 7. The highest BCUT2D eigenvalue weighted by Gasteiger charge is 2.28. The Kier molecular flexibility index (Phi) is 5.53. The van der Waals surface area contributed by atoms with Crippen molar-refractivity contribution in [2.75, 3.05) is 44.8 Å². The lowest BCUT2D eigenvalue weighted by Crippen LogP contribution is -2.49. The van der Waals surface area contributed by atoms with Crippen LogP contribution >= 0.6 is 0 Å². The summed E-state index contributed by atoms with van der Waals surface area (Å²) >= 11 is 0. The first-order chi connectivity index (χ1) is 14.1. The molecule has 4 rings (SSSR count). The molecular formula is C21H25N3O5. The summed E-state index contributed by atoms with van der Waals surface area (Å²) in [7, 11) is 1.58. The number of rotatable bonds is 4. The molecule has 0 saturated carbocycles. The first kappa shape index (κ1) is 19.4. The highest BCUT2D eigenvalue weighted by atomic mass is 16.5. The topological polar surface area (TPSA) is 85.1 Å². The minimum absolute atomic E-state index is 0.117. The van der Waals surface area contributed by atoms with Gasteiger partial charge in [-0.2, -0.15) is 0 Å². The van der Waals surface area contributed by atoms with E-state index in [4.69, 9.17) is 13.9 Å². The third kappa shape index (κ3) is 3.98. The Morgan fingerprint density at radius 2 is 2.03 bits per heavy atom. The van der Waals surface area contributed by atoms with Crippen molar-refractivity contribution in [1.82, 2.24) is 9.88 Å². The summed E-state index contributed by atoms with van der Waals surface area (Å²) in [5, 5.41) is 0. The van der Waals surface area contributed by atoms with E-state index in [-0.39, 0.29) is 17.6 Å². The first-order valence-corrected chi connectivity index (χ1v) is 9.87. The maximum absolute atomic E-state index is 13.0. The molecule has 2 fully saturated rings. The molecule has 8 heteroatoms. The van der Waals surface area contributed by atoms with Crippen molar-refractivity contribution in [3.8, 4) is 5.88 Å². The van der Waals surface area contributed by atoms with E-state index in [1.807, 2.05) is 12.1 Å². The van der Waals surface area contributed by atoms with E-state index in [0.717, 1.165) is 18.5 Å². The quantitative estimate of drug-likeness (QED) is 0.779. The molecule has 0 aliphatic carbocycles. The Bertz CT molecular complexity index is 926. The summed E-state index contributed by atoms with van der Waals surface area (Å²) in [5.74, 6) is 0.803. The van der Waals surface area contributed by atoms with E-state index >= 15 is 0 Å². The van der Waals surface area contributed by atoms with Gasteiger partial charge in [0.2, 0.25) is 5.88 Å². The number of hydrogen-bond donors (Lipinski definition) is 0. The third-order valence-electron chi connectivity index (χ3n) is 5.49. The minimum Gasteiger partial charge on any atom is -0.481 e. The molecule has 2 aliphatic heterocycles. The minimum atomic E-state index is -0.581. The number of carbonyl (C=O) groups excluding carboxylic acids is 1. The number of pyridine rings is 1. The number of ether oxygens (including phenoxy) is 2. The lowest BCUT2D eigenvalue weighted by atomic mass is 10.1. The van der Waals surface area contributed by atoms with Crippen LogP contribution in [-0.2, 0) is 4.74 Å². The van der Waals surface area contributed by atoms with Crippen LogP contribution < -0.4 is 15.3 Å². The predicted octanol–water partition coefficient (Wildman–Crippen LogP) is 2.17. The second kappa shape index (κ2) is 8.24.